The van der Waals surface area contributed by atoms with Crippen LogP contribution in [0, 0.1) is 0 Å². The Bertz CT molecular complexity index is 488. The largest absolute Gasteiger partial charge is 0.497 e. The molecule has 0 radical (unpaired) electrons. The summed E-state index contributed by atoms with van der Waals surface area (Å²) >= 11 is 0. The molecule has 0 aromatic heterocycles. The van der Waals surface area contributed by atoms with Crippen LogP contribution in [0.4, 0.5) is 0 Å². The molecule has 21 heavy (non-hydrogen) atoms. The van der Waals surface area contributed by atoms with Crippen LogP contribution in [0.15, 0.2) is 24.3 Å². The number of benzene rings is 1. The Labute approximate surface area is 124 Å². The number of methoxy groups -OCH3 is 1. The van der Waals surface area contributed by atoms with Gasteiger partial charge in [0.2, 0.25) is 5.91 Å². The van der Waals surface area contributed by atoms with E-state index in [9.17, 15) is 9.59 Å². The number of ether oxygens (including phenoxy) is 1. The van der Waals surface area contributed by atoms with Crippen molar-refractivity contribution in [1.82, 2.24) is 10.2 Å². The summed E-state index contributed by atoms with van der Waals surface area (Å²) in [4.78, 5) is 24.2. The number of carbonyl (C=O) groups excluding carboxylic acids is 1. The van der Waals surface area contributed by atoms with Crippen molar-refractivity contribution in [3.05, 3.63) is 29.8 Å². The molecule has 0 aliphatic heterocycles. The van der Waals surface area contributed by atoms with Gasteiger partial charge in [0.05, 0.1) is 20.2 Å². The second-order valence-corrected chi connectivity index (χ2v) is 5.02. The molecule has 0 unspecified atom stereocenters. The smallest absolute Gasteiger partial charge is 0.317 e. The Balaban J connectivity index is 2.50. The zero-order valence-electron chi connectivity index (χ0n) is 12.6. The van der Waals surface area contributed by atoms with Gasteiger partial charge in [-0.2, -0.15) is 0 Å². The lowest BCUT2D eigenvalue weighted by Gasteiger charge is -2.23. The van der Waals surface area contributed by atoms with Gasteiger partial charge in [0.25, 0.3) is 0 Å². The van der Waals surface area contributed by atoms with E-state index in [0.717, 1.165) is 11.3 Å². The molecule has 0 aliphatic rings. The molecule has 0 bridgehead atoms. The number of hydrogen-bond acceptors (Lipinski definition) is 4. The maximum atomic E-state index is 11.9. The summed E-state index contributed by atoms with van der Waals surface area (Å²) in [6.45, 7) is 4.02. The molecule has 6 heteroatoms. The van der Waals surface area contributed by atoms with Gasteiger partial charge in [0.15, 0.2) is 0 Å². The van der Waals surface area contributed by atoms with Crippen LogP contribution in [0.3, 0.4) is 0 Å². The fraction of sp³-hybridized carbons (Fsp3) is 0.467. The van der Waals surface area contributed by atoms with Crippen LogP contribution in [-0.2, 0) is 16.1 Å². The van der Waals surface area contributed by atoms with Gasteiger partial charge in [0.1, 0.15) is 5.75 Å². The van der Waals surface area contributed by atoms with E-state index >= 15 is 0 Å². The van der Waals surface area contributed by atoms with E-state index in [4.69, 9.17) is 9.84 Å². The van der Waals surface area contributed by atoms with Crippen molar-refractivity contribution in [3.63, 3.8) is 0 Å². The zero-order valence-corrected chi connectivity index (χ0v) is 12.6. The van der Waals surface area contributed by atoms with Crippen molar-refractivity contribution in [1.29, 1.82) is 0 Å². The quantitative estimate of drug-likeness (QED) is 0.751. The highest BCUT2D eigenvalue weighted by Crippen LogP contribution is 2.12. The number of aliphatic carboxylic acids is 1. The lowest BCUT2D eigenvalue weighted by molar-refractivity contribution is -0.139. The van der Waals surface area contributed by atoms with Crippen LogP contribution in [0.2, 0.25) is 0 Å². The molecule has 1 aromatic rings. The second kappa shape index (κ2) is 8.26. The SMILES string of the molecule is COc1cccc(CNC(=O)CN(CC(=O)O)C(C)C)c1. The number of carboxylic acids is 1. The third-order valence-corrected chi connectivity index (χ3v) is 3.04. The Hall–Kier alpha value is -2.08. The normalized spacial score (nSPS) is 10.7. The number of carbonyl (C=O) groups is 2. The van der Waals surface area contributed by atoms with Gasteiger partial charge in [-0.3, -0.25) is 14.5 Å². The Morgan fingerprint density at radius 1 is 1.33 bits per heavy atom. The molecule has 0 saturated carbocycles. The van der Waals surface area contributed by atoms with Crippen molar-refractivity contribution in [2.24, 2.45) is 0 Å². The summed E-state index contributed by atoms with van der Waals surface area (Å²) in [5.41, 5.74) is 0.928. The predicted octanol–water partition coefficient (Wildman–Crippen LogP) is 1.11. The first-order valence-electron chi connectivity index (χ1n) is 6.78. The van der Waals surface area contributed by atoms with E-state index in [-0.39, 0.29) is 25.0 Å². The maximum absolute atomic E-state index is 11.9. The molecule has 0 fully saturated rings. The molecule has 1 amide bonds. The lowest BCUT2D eigenvalue weighted by Crippen LogP contribution is -2.43. The van der Waals surface area contributed by atoms with Crippen LogP contribution < -0.4 is 10.1 Å². The van der Waals surface area contributed by atoms with Gasteiger partial charge in [-0.15, -0.1) is 0 Å². The third kappa shape index (κ3) is 6.27. The standard InChI is InChI=1S/C15H22N2O4/c1-11(2)17(10-15(19)20)9-14(18)16-8-12-5-4-6-13(7-12)21-3/h4-7,11H,8-10H2,1-3H3,(H,16,18)(H,19,20). The Morgan fingerprint density at radius 2 is 2.05 bits per heavy atom. The van der Waals surface area contributed by atoms with Crippen molar-refractivity contribution < 1.29 is 19.4 Å². The number of nitrogens with one attached hydrogen (secondary N) is 1. The average molecular weight is 294 g/mol. The van der Waals surface area contributed by atoms with Crippen molar-refractivity contribution in [3.8, 4) is 5.75 Å². The van der Waals surface area contributed by atoms with Crippen LogP contribution in [0.25, 0.3) is 0 Å². The molecule has 0 aliphatic carbocycles. The maximum Gasteiger partial charge on any atom is 0.317 e. The summed E-state index contributed by atoms with van der Waals surface area (Å²) in [6.07, 6.45) is 0. The van der Waals surface area contributed by atoms with E-state index in [0.29, 0.717) is 6.54 Å². The van der Waals surface area contributed by atoms with Crippen LogP contribution in [0.5, 0.6) is 5.75 Å². The summed E-state index contributed by atoms with van der Waals surface area (Å²) in [7, 11) is 1.59. The molecule has 1 aromatic carbocycles. The molecule has 1 rings (SSSR count). The fourth-order valence-corrected chi connectivity index (χ4v) is 1.82. The van der Waals surface area contributed by atoms with E-state index in [1.165, 1.54) is 0 Å². The lowest BCUT2D eigenvalue weighted by atomic mass is 10.2. The molecule has 0 spiro atoms. The minimum Gasteiger partial charge on any atom is -0.497 e. The van der Waals surface area contributed by atoms with Crippen LogP contribution >= 0.6 is 0 Å². The fourth-order valence-electron chi connectivity index (χ4n) is 1.82. The highest BCUT2D eigenvalue weighted by Gasteiger charge is 2.16. The highest BCUT2D eigenvalue weighted by molar-refractivity contribution is 5.79. The summed E-state index contributed by atoms with van der Waals surface area (Å²) in [6, 6.07) is 7.41. The first-order chi connectivity index (χ1) is 9.92. The second-order valence-electron chi connectivity index (χ2n) is 5.02. The molecular weight excluding hydrogens is 272 g/mol. The average Bonchev–Trinajstić information content (AvgIpc) is 2.44. The van der Waals surface area contributed by atoms with Gasteiger partial charge >= 0.3 is 5.97 Å². The van der Waals surface area contributed by atoms with E-state index in [1.54, 1.807) is 12.0 Å². The topological polar surface area (TPSA) is 78.9 Å². The monoisotopic (exact) mass is 294 g/mol. The first-order valence-corrected chi connectivity index (χ1v) is 6.78. The summed E-state index contributed by atoms with van der Waals surface area (Å²) < 4.78 is 5.12. The number of nitrogens with zero attached hydrogens (tertiary/aromatic N) is 1. The number of carboxylic acid groups (broad SMARTS) is 1. The van der Waals surface area contributed by atoms with E-state index in [1.807, 2.05) is 38.1 Å². The summed E-state index contributed by atoms with van der Waals surface area (Å²) in [5.74, 6) is -0.409. The molecule has 0 atom stereocenters. The van der Waals surface area contributed by atoms with Gasteiger partial charge in [0, 0.05) is 12.6 Å². The Morgan fingerprint density at radius 3 is 2.62 bits per heavy atom. The Kier molecular flexibility index (Phi) is 6.68. The third-order valence-electron chi connectivity index (χ3n) is 3.04. The number of rotatable bonds is 8. The van der Waals surface area contributed by atoms with Crippen LogP contribution in [0.1, 0.15) is 19.4 Å². The van der Waals surface area contributed by atoms with Crippen molar-refractivity contribution >= 4 is 11.9 Å². The molecule has 0 heterocycles. The van der Waals surface area contributed by atoms with Crippen molar-refractivity contribution in [2.75, 3.05) is 20.2 Å². The molecule has 2 N–H and O–H groups in total. The van der Waals surface area contributed by atoms with Crippen LogP contribution in [-0.4, -0.2) is 48.1 Å². The zero-order chi connectivity index (χ0) is 15.8. The molecule has 6 nitrogen and oxygen atoms in total. The minimum absolute atomic E-state index is 0.0105. The number of hydrogen-bond donors (Lipinski definition) is 2. The predicted molar refractivity (Wildman–Crippen MR) is 79.2 cm³/mol. The van der Waals surface area contributed by atoms with Gasteiger partial charge < -0.3 is 15.2 Å². The van der Waals surface area contributed by atoms with E-state index in [2.05, 4.69) is 5.32 Å². The van der Waals surface area contributed by atoms with Gasteiger partial charge in [-0.25, -0.2) is 0 Å². The minimum atomic E-state index is -0.940. The molecule has 0 saturated heterocycles. The van der Waals surface area contributed by atoms with E-state index < -0.39 is 5.97 Å². The highest BCUT2D eigenvalue weighted by atomic mass is 16.5. The van der Waals surface area contributed by atoms with Crippen molar-refractivity contribution in [2.45, 2.75) is 26.4 Å². The molecule has 116 valence electrons. The number of amides is 1. The first kappa shape index (κ1) is 17.0. The molecular formula is C15H22N2O4. The van der Waals surface area contributed by atoms with Gasteiger partial charge in [-0.1, -0.05) is 12.1 Å². The summed E-state index contributed by atoms with van der Waals surface area (Å²) in [5, 5.41) is 11.6. The van der Waals surface area contributed by atoms with Gasteiger partial charge in [-0.05, 0) is 31.5 Å².